The molecule has 0 radical (unpaired) electrons. The monoisotopic (exact) mass is 397 g/mol. The summed E-state index contributed by atoms with van der Waals surface area (Å²) in [5.74, 6) is 1.47. The van der Waals surface area contributed by atoms with Crippen molar-refractivity contribution < 1.29 is 67.1 Å². The number of pyridine rings is 1. The minimum absolute atomic E-state index is 0. The van der Waals surface area contributed by atoms with E-state index >= 15 is 0 Å². The Hall–Kier alpha value is -0.904. The Bertz CT molecular complexity index is 749. The summed E-state index contributed by atoms with van der Waals surface area (Å²) < 4.78 is 5.75. The number of aromatic nitrogens is 1. The molecule has 1 aromatic carbocycles. The number of imide groups is 1. The quantitative estimate of drug-likeness (QED) is 0.642. The van der Waals surface area contributed by atoms with Crippen molar-refractivity contribution in [1.82, 2.24) is 10.3 Å². The number of rotatable bonds is 7. The molecule has 3 rings (SSSR count). The zero-order chi connectivity index (χ0) is 17.6. The van der Waals surface area contributed by atoms with Crippen LogP contribution in [0.5, 0.6) is 5.75 Å². The number of carbonyl (C=O) groups excluding carboxylic acids is 2. The Kier molecular flexibility index (Phi) is 8.59. The Labute approximate surface area is 201 Å². The first-order chi connectivity index (χ1) is 12.1. The van der Waals surface area contributed by atoms with Crippen LogP contribution in [0.4, 0.5) is 10.6 Å². The van der Waals surface area contributed by atoms with Crippen LogP contribution in [0.15, 0.2) is 48.7 Å². The van der Waals surface area contributed by atoms with Crippen LogP contribution < -0.4 is 66.3 Å². The van der Waals surface area contributed by atoms with Crippen LogP contribution in [0.1, 0.15) is 6.99 Å². The van der Waals surface area contributed by atoms with Gasteiger partial charge in [-0.05, 0) is 36.2 Å². The van der Waals surface area contributed by atoms with Crippen molar-refractivity contribution in [3.63, 3.8) is 0 Å². The molecule has 1 N–H and O–H groups in total. The van der Waals surface area contributed by atoms with Crippen molar-refractivity contribution in [3.05, 3.63) is 54.2 Å². The zero-order valence-electron chi connectivity index (χ0n) is 15.8. The van der Waals surface area contributed by atoms with Crippen molar-refractivity contribution in [2.75, 3.05) is 25.1 Å². The van der Waals surface area contributed by atoms with Gasteiger partial charge in [-0.25, -0.2) is 4.98 Å². The van der Waals surface area contributed by atoms with Crippen LogP contribution in [-0.4, -0.2) is 41.6 Å². The number of hydrogen-bond donors (Lipinski definition) is 1. The third-order valence-electron chi connectivity index (χ3n) is 3.85. The molecule has 132 valence electrons. The molecule has 2 aromatic rings. The number of nitrogens with zero attached hydrogens (tertiary/aromatic N) is 2. The second-order valence-corrected chi connectivity index (χ2v) is 6.86. The van der Waals surface area contributed by atoms with Crippen LogP contribution in [0.3, 0.4) is 0 Å². The van der Waals surface area contributed by atoms with Gasteiger partial charge in [0.1, 0.15) is 18.2 Å². The van der Waals surface area contributed by atoms with E-state index in [1.54, 1.807) is 6.20 Å². The number of nitrogens with one attached hydrogen (secondary N) is 1. The molecule has 2 heterocycles. The second kappa shape index (κ2) is 10.4. The molecular formula is C18H20KN3O3S. The molecule has 1 saturated heterocycles. The Balaban J connectivity index is 0.00000182. The number of carbonyl (C=O) groups is 2. The van der Waals surface area contributed by atoms with Crippen LogP contribution in [0.25, 0.3) is 0 Å². The van der Waals surface area contributed by atoms with E-state index in [4.69, 9.17) is 4.74 Å². The number of likely N-dealkylation sites (N-methyl/N-ethyl adjacent to an activating group) is 1. The van der Waals surface area contributed by atoms with Gasteiger partial charge < -0.3 is 11.1 Å². The summed E-state index contributed by atoms with van der Waals surface area (Å²) in [6, 6.07) is 13.4. The molecule has 1 aliphatic rings. The van der Waals surface area contributed by atoms with Gasteiger partial charge in [-0.1, -0.05) is 30.0 Å². The molecule has 0 aliphatic carbocycles. The number of thioether (sulfide) groups is 1. The Morgan fingerprint density at radius 3 is 2.62 bits per heavy atom. The standard InChI is InChI=1S/C18H19N3O3S.K.H/c1-21(16-4-2-3-9-19-16)10-11-24-14-7-5-13(6-8-14)12-15-17(22)20-18(23)25-15;;/h2-9,15H,10-12H2,1H3,(H,20,22,23);;/q;+1;-1. The van der Waals surface area contributed by atoms with Gasteiger partial charge in [0, 0.05) is 13.2 Å². The first-order valence-electron chi connectivity index (χ1n) is 7.97. The number of hydrogen-bond acceptors (Lipinski definition) is 6. The molecule has 26 heavy (non-hydrogen) atoms. The largest absolute Gasteiger partial charge is 1.00 e. The van der Waals surface area contributed by atoms with E-state index in [9.17, 15) is 9.59 Å². The van der Waals surface area contributed by atoms with Gasteiger partial charge in [-0.3, -0.25) is 14.9 Å². The third kappa shape index (κ3) is 6.07. The molecule has 0 saturated carbocycles. The maximum absolute atomic E-state index is 11.6. The molecule has 1 atom stereocenters. The van der Waals surface area contributed by atoms with Gasteiger partial charge in [0.2, 0.25) is 5.91 Å². The minimum atomic E-state index is -0.341. The van der Waals surface area contributed by atoms with Crippen molar-refractivity contribution in [2.24, 2.45) is 0 Å². The summed E-state index contributed by atoms with van der Waals surface area (Å²) in [5, 5.41) is 1.69. The van der Waals surface area contributed by atoms with Crippen LogP contribution in [0.2, 0.25) is 0 Å². The van der Waals surface area contributed by atoms with Crippen LogP contribution in [0, 0.1) is 0 Å². The van der Waals surface area contributed by atoms with E-state index in [0.29, 0.717) is 13.0 Å². The second-order valence-electron chi connectivity index (χ2n) is 5.69. The fraction of sp³-hybridized carbons (Fsp3) is 0.278. The molecule has 1 unspecified atom stereocenters. The maximum Gasteiger partial charge on any atom is 1.00 e. The predicted molar refractivity (Wildman–Crippen MR) is 99.2 cm³/mol. The molecule has 1 aromatic heterocycles. The number of amides is 2. The summed E-state index contributed by atoms with van der Waals surface area (Å²) >= 11 is 1.05. The van der Waals surface area contributed by atoms with Gasteiger partial charge >= 0.3 is 51.4 Å². The van der Waals surface area contributed by atoms with Crippen LogP contribution in [-0.2, 0) is 11.2 Å². The summed E-state index contributed by atoms with van der Waals surface area (Å²) in [7, 11) is 1.97. The topological polar surface area (TPSA) is 71.5 Å². The van der Waals surface area contributed by atoms with Crippen LogP contribution >= 0.6 is 11.8 Å². The average molecular weight is 398 g/mol. The van der Waals surface area contributed by atoms with E-state index in [-0.39, 0.29) is 69.2 Å². The Morgan fingerprint density at radius 1 is 1.23 bits per heavy atom. The predicted octanol–water partition coefficient (Wildman–Crippen LogP) is -0.393. The summed E-state index contributed by atoms with van der Waals surface area (Å²) in [5.41, 5.74) is 1.00. The molecule has 0 bridgehead atoms. The molecule has 6 nitrogen and oxygen atoms in total. The molecule has 0 spiro atoms. The molecule has 1 fully saturated rings. The summed E-state index contributed by atoms with van der Waals surface area (Å²) in [6.45, 7) is 1.27. The normalized spacial score (nSPS) is 16.0. The summed E-state index contributed by atoms with van der Waals surface area (Å²) in [4.78, 5) is 29.1. The number of anilines is 1. The SMILES string of the molecule is CN(CCOc1ccc(CC2SC(=O)NC2=O)cc1)c1ccccn1.[H-].[K+]. The first-order valence-corrected chi connectivity index (χ1v) is 8.85. The third-order valence-corrected chi connectivity index (χ3v) is 4.83. The fourth-order valence-electron chi connectivity index (χ4n) is 2.46. The molecule has 8 heteroatoms. The van der Waals surface area contributed by atoms with E-state index in [2.05, 4.69) is 10.3 Å². The average Bonchev–Trinajstić information content (AvgIpc) is 2.94. The van der Waals surface area contributed by atoms with E-state index < -0.39 is 0 Å². The van der Waals surface area contributed by atoms with Crippen molar-refractivity contribution >= 4 is 28.7 Å². The first kappa shape index (κ1) is 21.4. The molecule has 1 aliphatic heterocycles. The van der Waals surface area contributed by atoms with Gasteiger partial charge in [0.15, 0.2) is 0 Å². The number of ether oxygens (including phenoxy) is 1. The van der Waals surface area contributed by atoms with Crippen molar-refractivity contribution in [1.29, 1.82) is 0 Å². The van der Waals surface area contributed by atoms with Gasteiger partial charge in [0.25, 0.3) is 5.24 Å². The van der Waals surface area contributed by atoms with Crippen molar-refractivity contribution in [2.45, 2.75) is 11.7 Å². The Morgan fingerprint density at radius 2 is 2.00 bits per heavy atom. The van der Waals surface area contributed by atoms with Gasteiger partial charge in [-0.15, -0.1) is 0 Å². The maximum atomic E-state index is 11.6. The van der Waals surface area contributed by atoms with E-state index in [1.165, 1.54) is 0 Å². The van der Waals surface area contributed by atoms with Gasteiger partial charge in [0.05, 0.1) is 11.8 Å². The minimum Gasteiger partial charge on any atom is -1.00 e. The fourth-order valence-corrected chi connectivity index (χ4v) is 3.32. The van der Waals surface area contributed by atoms with E-state index in [1.807, 2.05) is 54.4 Å². The number of benzene rings is 1. The molecular weight excluding hydrogens is 377 g/mol. The smallest absolute Gasteiger partial charge is 1.00 e. The molecule has 2 amide bonds. The van der Waals surface area contributed by atoms with Gasteiger partial charge in [-0.2, -0.15) is 0 Å². The summed E-state index contributed by atoms with van der Waals surface area (Å²) in [6.07, 6.45) is 2.30. The van der Waals surface area contributed by atoms with E-state index in [0.717, 1.165) is 35.4 Å². The van der Waals surface area contributed by atoms with Crippen molar-refractivity contribution in [3.8, 4) is 5.75 Å². The zero-order valence-corrected chi connectivity index (χ0v) is 18.8.